The highest BCUT2D eigenvalue weighted by atomic mass is 19.1. The van der Waals surface area contributed by atoms with E-state index in [-0.39, 0.29) is 5.82 Å². The van der Waals surface area contributed by atoms with E-state index in [2.05, 4.69) is 6.92 Å². The highest BCUT2D eigenvalue weighted by Crippen LogP contribution is 2.40. The van der Waals surface area contributed by atoms with Crippen molar-refractivity contribution in [3.05, 3.63) is 69.5 Å². The Morgan fingerprint density at radius 2 is 1.75 bits per heavy atom. The molecular weight excluding hydrogens is 407 g/mol. The number of rotatable bonds is 6. The van der Waals surface area contributed by atoms with Gasteiger partial charge in [0.15, 0.2) is 0 Å². The van der Waals surface area contributed by atoms with Crippen molar-refractivity contribution in [3.8, 4) is 6.07 Å². The van der Waals surface area contributed by atoms with Crippen molar-refractivity contribution >= 4 is 11.6 Å². The van der Waals surface area contributed by atoms with Gasteiger partial charge >= 0.3 is 0 Å². The van der Waals surface area contributed by atoms with Gasteiger partial charge in [-0.2, -0.15) is 5.26 Å². The molecule has 0 aliphatic heterocycles. The number of fused-ring (bicyclic) bond motifs is 1. The number of halogens is 3. The quantitative estimate of drug-likeness (QED) is 0.417. The Hall–Kier alpha value is -2.54. The van der Waals surface area contributed by atoms with Crippen molar-refractivity contribution in [1.82, 2.24) is 0 Å². The van der Waals surface area contributed by atoms with E-state index in [0.29, 0.717) is 35.4 Å². The van der Waals surface area contributed by atoms with Crippen LogP contribution in [-0.4, -0.2) is 0 Å². The van der Waals surface area contributed by atoms with Crippen molar-refractivity contribution in [2.45, 2.75) is 77.0 Å². The first kappa shape index (κ1) is 22.6. The molecule has 0 N–H and O–H groups in total. The lowest BCUT2D eigenvalue weighted by molar-refractivity contribution is 0.302. The molecule has 0 radical (unpaired) electrons. The smallest absolute Gasteiger partial charge is 0.147 e. The van der Waals surface area contributed by atoms with Gasteiger partial charge in [0.2, 0.25) is 0 Å². The largest absolute Gasteiger partial charge is 0.206 e. The van der Waals surface area contributed by atoms with E-state index in [1.165, 1.54) is 44.6 Å². The van der Waals surface area contributed by atoms with E-state index in [1.54, 1.807) is 18.2 Å². The fourth-order valence-corrected chi connectivity index (χ4v) is 5.41. The molecule has 168 valence electrons. The number of unbranched alkanes of at least 4 members (excludes halogenated alkanes) is 2. The third-order valence-corrected chi connectivity index (χ3v) is 7.31. The van der Waals surface area contributed by atoms with Gasteiger partial charge in [-0.05, 0) is 84.8 Å². The number of nitrogens with zero attached hydrogens (tertiary/aromatic N) is 1. The summed E-state index contributed by atoms with van der Waals surface area (Å²) in [6, 6.07) is 8.28. The summed E-state index contributed by atoms with van der Waals surface area (Å²) in [6.45, 7) is 2.23. The zero-order chi connectivity index (χ0) is 22.7. The summed E-state index contributed by atoms with van der Waals surface area (Å²) in [7, 11) is 0. The number of allylic oxidation sites excluding steroid dienone is 1. The number of hydrogen-bond donors (Lipinski definition) is 0. The van der Waals surface area contributed by atoms with Crippen molar-refractivity contribution in [2.75, 3.05) is 0 Å². The standard InChI is InChI=1S/C28H30F3N/c1-2-3-4-5-18-6-8-19(9-7-18)20-10-12-23(26(29)15-20)21-11-13-24-22(14-21)16-27(30)25(17-32)28(24)31/h10,12,14-16,18-19H,2-9,11,13H2,1H3. The first-order valence-corrected chi connectivity index (χ1v) is 11.9. The summed E-state index contributed by atoms with van der Waals surface area (Å²) in [4.78, 5) is 0. The number of nitriles is 1. The maximum Gasteiger partial charge on any atom is 0.147 e. The van der Waals surface area contributed by atoms with Gasteiger partial charge in [-0.3, -0.25) is 0 Å². The Bertz CT molecular complexity index is 1060. The van der Waals surface area contributed by atoms with Gasteiger partial charge in [0, 0.05) is 5.56 Å². The molecule has 0 unspecified atom stereocenters. The lowest BCUT2D eigenvalue weighted by Crippen LogP contribution is -2.14. The minimum absolute atomic E-state index is 0.267. The average molecular weight is 438 g/mol. The van der Waals surface area contributed by atoms with Crippen LogP contribution in [0.3, 0.4) is 0 Å². The van der Waals surface area contributed by atoms with E-state index >= 15 is 4.39 Å². The molecule has 2 aliphatic rings. The van der Waals surface area contributed by atoms with Crippen LogP contribution < -0.4 is 0 Å². The maximum atomic E-state index is 15.1. The molecule has 0 bridgehead atoms. The fourth-order valence-electron chi connectivity index (χ4n) is 5.41. The number of hydrogen-bond acceptors (Lipinski definition) is 1. The van der Waals surface area contributed by atoms with Crippen LogP contribution in [0, 0.1) is 34.7 Å². The predicted octanol–water partition coefficient (Wildman–Crippen LogP) is 8.32. The Balaban J connectivity index is 1.49. The molecule has 2 aromatic rings. The monoisotopic (exact) mass is 437 g/mol. The molecule has 4 rings (SSSR count). The van der Waals surface area contributed by atoms with E-state index in [1.807, 2.05) is 12.1 Å². The zero-order valence-electron chi connectivity index (χ0n) is 18.7. The molecule has 0 saturated heterocycles. The molecule has 0 amide bonds. The molecule has 1 nitrogen and oxygen atoms in total. The van der Waals surface area contributed by atoms with Gasteiger partial charge in [-0.1, -0.05) is 50.8 Å². The van der Waals surface area contributed by atoms with E-state index in [4.69, 9.17) is 5.26 Å². The van der Waals surface area contributed by atoms with E-state index in [0.717, 1.165) is 29.9 Å². The highest BCUT2D eigenvalue weighted by Gasteiger charge is 2.25. The minimum Gasteiger partial charge on any atom is -0.206 e. The van der Waals surface area contributed by atoms with Crippen molar-refractivity contribution < 1.29 is 13.2 Å². The topological polar surface area (TPSA) is 23.8 Å². The van der Waals surface area contributed by atoms with Gasteiger partial charge in [0.25, 0.3) is 0 Å². The van der Waals surface area contributed by atoms with Gasteiger partial charge in [0.05, 0.1) is 0 Å². The SMILES string of the molecule is CCCCCC1CCC(c2ccc(C3=Cc4cc(F)c(C#N)c(F)c4CC3)c(F)c2)CC1. The van der Waals surface area contributed by atoms with Crippen LogP contribution in [0.1, 0.15) is 98.4 Å². The predicted molar refractivity (Wildman–Crippen MR) is 123 cm³/mol. The Labute approximate surface area is 189 Å². The lowest BCUT2D eigenvalue weighted by atomic mass is 9.76. The molecule has 32 heavy (non-hydrogen) atoms. The summed E-state index contributed by atoms with van der Waals surface area (Å²) in [5.41, 5.74) is 2.48. The third-order valence-electron chi connectivity index (χ3n) is 7.31. The third kappa shape index (κ3) is 4.63. The molecular formula is C28H30F3N. The summed E-state index contributed by atoms with van der Waals surface area (Å²) < 4.78 is 43.6. The second-order valence-electron chi connectivity index (χ2n) is 9.35. The van der Waals surface area contributed by atoms with Crippen LogP contribution in [0.15, 0.2) is 24.3 Å². The second kappa shape index (κ2) is 9.94. The molecule has 1 fully saturated rings. The molecule has 1 saturated carbocycles. The Kier molecular flexibility index (Phi) is 7.04. The lowest BCUT2D eigenvalue weighted by Gasteiger charge is -2.29. The van der Waals surface area contributed by atoms with Crippen LogP contribution >= 0.6 is 0 Å². The fraction of sp³-hybridized carbons (Fsp3) is 0.464. The van der Waals surface area contributed by atoms with E-state index in [9.17, 15) is 8.78 Å². The Morgan fingerprint density at radius 3 is 2.44 bits per heavy atom. The van der Waals surface area contributed by atoms with Gasteiger partial charge in [-0.15, -0.1) is 0 Å². The molecule has 4 heteroatoms. The van der Waals surface area contributed by atoms with E-state index < -0.39 is 17.2 Å². The summed E-state index contributed by atoms with van der Waals surface area (Å²) in [6.07, 6.45) is 12.3. The van der Waals surface area contributed by atoms with Crippen molar-refractivity contribution in [3.63, 3.8) is 0 Å². The zero-order valence-corrected chi connectivity index (χ0v) is 18.7. The Morgan fingerprint density at radius 1 is 0.969 bits per heavy atom. The van der Waals surface area contributed by atoms with Crippen LogP contribution in [-0.2, 0) is 6.42 Å². The molecule has 2 aliphatic carbocycles. The van der Waals surface area contributed by atoms with Crippen molar-refractivity contribution in [2.24, 2.45) is 5.92 Å². The van der Waals surface area contributed by atoms with Crippen LogP contribution in [0.2, 0.25) is 0 Å². The average Bonchev–Trinajstić information content (AvgIpc) is 2.79. The summed E-state index contributed by atoms with van der Waals surface area (Å²) in [5, 5.41) is 8.97. The highest BCUT2D eigenvalue weighted by molar-refractivity contribution is 5.85. The number of benzene rings is 2. The molecule has 0 aromatic heterocycles. The molecule has 0 atom stereocenters. The molecule has 0 spiro atoms. The summed E-state index contributed by atoms with van der Waals surface area (Å²) in [5.74, 6) is -0.704. The molecule has 2 aromatic carbocycles. The van der Waals surface area contributed by atoms with Gasteiger partial charge in [-0.25, -0.2) is 13.2 Å². The van der Waals surface area contributed by atoms with Crippen LogP contribution in [0.5, 0.6) is 0 Å². The molecule has 0 heterocycles. The van der Waals surface area contributed by atoms with Gasteiger partial charge in [0.1, 0.15) is 29.1 Å². The first-order valence-electron chi connectivity index (χ1n) is 11.9. The first-order chi connectivity index (χ1) is 15.5. The maximum absolute atomic E-state index is 15.1. The van der Waals surface area contributed by atoms with Crippen molar-refractivity contribution in [1.29, 1.82) is 5.26 Å². The van der Waals surface area contributed by atoms with Gasteiger partial charge < -0.3 is 0 Å². The van der Waals surface area contributed by atoms with Crippen LogP contribution in [0.4, 0.5) is 13.2 Å². The van der Waals surface area contributed by atoms with Crippen LogP contribution in [0.25, 0.3) is 11.6 Å². The minimum atomic E-state index is -0.873. The normalized spacial score (nSPS) is 20.4. The summed E-state index contributed by atoms with van der Waals surface area (Å²) >= 11 is 0. The second-order valence-corrected chi connectivity index (χ2v) is 9.35.